The van der Waals surface area contributed by atoms with Crippen molar-refractivity contribution in [2.45, 2.75) is 6.92 Å². The fraction of sp³-hybridized carbons (Fsp3) is 0.0667. The van der Waals surface area contributed by atoms with E-state index in [1.807, 2.05) is 0 Å². The van der Waals surface area contributed by atoms with Crippen molar-refractivity contribution in [1.29, 1.82) is 0 Å². The highest BCUT2D eigenvalue weighted by Gasteiger charge is 2.08. The van der Waals surface area contributed by atoms with Crippen molar-refractivity contribution in [3.63, 3.8) is 0 Å². The molecule has 0 saturated heterocycles. The molecular weight excluding hydrogens is 309 g/mol. The summed E-state index contributed by atoms with van der Waals surface area (Å²) in [6.07, 6.45) is 0. The Hall–Kier alpha value is -2.60. The monoisotopic (exact) mass is 321 g/mol. The molecule has 0 saturated carbocycles. The van der Waals surface area contributed by atoms with Gasteiger partial charge in [-0.1, -0.05) is 23.7 Å². The molecule has 0 unspecified atom stereocenters. The molecule has 0 spiro atoms. The van der Waals surface area contributed by atoms with Crippen molar-refractivity contribution in [2.75, 3.05) is 16.0 Å². The number of benzene rings is 2. The maximum Gasteiger partial charge on any atom is 0.323 e. The van der Waals surface area contributed by atoms with Crippen LogP contribution in [0.25, 0.3) is 0 Å². The summed E-state index contributed by atoms with van der Waals surface area (Å²) in [7, 11) is 0. The van der Waals surface area contributed by atoms with Crippen LogP contribution in [0.1, 0.15) is 6.92 Å². The van der Waals surface area contributed by atoms with Crippen LogP contribution in [0.5, 0.6) is 0 Å². The van der Waals surface area contributed by atoms with Gasteiger partial charge < -0.3 is 16.0 Å². The van der Waals surface area contributed by atoms with Crippen LogP contribution >= 0.6 is 11.6 Å². The first-order valence-corrected chi connectivity index (χ1v) is 6.73. The SMILES string of the molecule is CC(=O)Nc1ccc(NC(=O)Nc2ccccc2F)cc1Cl. The van der Waals surface area contributed by atoms with Crippen LogP contribution in [0.15, 0.2) is 42.5 Å². The van der Waals surface area contributed by atoms with Crippen LogP contribution in [0.3, 0.4) is 0 Å². The molecule has 5 nitrogen and oxygen atoms in total. The highest BCUT2D eigenvalue weighted by atomic mass is 35.5. The van der Waals surface area contributed by atoms with E-state index in [-0.39, 0.29) is 16.6 Å². The van der Waals surface area contributed by atoms with Crippen LogP contribution in [-0.2, 0) is 4.79 Å². The average molecular weight is 322 g/mol. The van der Waals surface area contributed by atoms with Crippen molar-refractivity contribution in [3.8, 4) is 0 Å². The number of halogens is 2. The summed E-state index contributed by atoms with van der Waals surface area (Å²) >= 11 is 6.00. The number of rotatable bonds is 3. The first-order chi connectivity index (χ1) is 10.5. The van der Waals surface area contributed by atoms with Gasteiger partial charge in [-0.15, -0.1) is 0 Å². The molecule has 0 aliphatic heterocycles. The van der Waals surface area contributed by atoms with Gasteiger partial charge in [0, 0.05) is 12.6 Å². The molecule has 2 rings (SSSR count). The number of carbonyl (C=O) groups is 2. The van der Waals surface area contributed by atoms with Gasteiger partial charge in [-0.2, -0.15) is 0 Å². The maximum absolute atomic E-state index is 13.4. The molecule has 7 heteroatoms. The largest absolute Gasteiger partial charge is 0.325 e. The van der Waals surface area contributed by atoms with Gasteiger partial charge in [0.25, 0.3) is 0 Å². The van der Waals surface area contributed by atoms with Crippen molar-refractivity contribution in [2.24, 2.45) is 0 Å². The van der Waals surface area contributed by atoms with E-state index >= 15 is 0 Å². The van der Waals surface area contributed by atoms with Gasteiger partial charge in [0.1, 0.15) is 5.82 Å². The molecule has 0 radical (unpaired) electrons. The predicted molar refractivity (Wildman–Crippen MR) is 84.8 cm³/mol. The zero-order valence-corrected chi connectivity index (χ0v) is 12.4. The standard InChI is InChI=1S/C15H13ClFN3O2/c1-9(21)18-13-7-6-10(8-11(13)16)19-15(22)20-14-5-3-2-4-12(14)17/h2-8H,1H3,(H,18,21)(H2,19,20,22). The fourth-order valence-corrected chi connectivity index (χ4v) is 1.96. The summed E-state index contributed by atoms with van der Waals surface area (Å²) in [5.74, 6) is -0.781. The van der Waals surface area contributed by atoms with E-state index in [4.69, 9.17) is 11.6 Å². The number of amides is 3. The van der Waals surface area contributed by atoms with Gasteiger partial charge in [-0.25, -0.2) is 9.18 Å². The Morgan fingerprint density at radius 2 is 1.73 bits per heavy atom. The second-order valence-corrected chi connectivity index (χ2v) is 4.84. The van der Waals surface area contributed by atoms with Gasteiger partial charge in [0.05, 0.1) is 16.4 Å². The number of para-hydroxylation sites is 1. The molecule has 2 aromatic carbocycles. The number of urea groups is 1. The summed E-state index contributed by atoms with van der Waals surface area (Å²) < 4.78 is 13.4. The molecule has 0 heterocycles. The Morgan fingerprint density at radius 1 is 1.00 bits per heavy atom. The number of anilines is 3. The number of hydrogen-bond donors (Lipinski definition) is 3. The lowest BCUT2D eigenvalue weighted by Crippen LogP contribution is -2.20. The molecular formula is C15H13ClFN3O2. The third-order valence-electron chi connectivity index (χ3n) is 2.66. The Bertz CT molecular complexity index is 722. The van der Waals surface area contributed by atoms with Crippen LogP contribution in [0.2, 0.25) is 5.02 Å². The Morgan fingerprint density at radius 3 is 2.36 bits per heavy atom. The van der Waals surface area contributed by atoms with E-state index in [1.165, 1.54) is 31.2 Å². The molecule has 0 aromatic heterocycles. The van der Waals surface area contributed by atoms with E-state index in [0.717, 1.165) is 0 Å². The van der Waals surface area contributed by atoms with E-state index in [1.54, 1.807) is 18.2 Å². The topological polar surface area (TPSA) is 70.2 Å². The molecule has 0 aliphatic rings. The molecule has 3 N–H and O–H groups in total. The molecule has 3 amide bonds. The van der Waals surface area contributed by atoms with Gasteiger partial charge >= 0.3 is 6.03 Å². The predicted octanol–water partition coefficient (Wildman–Crippen LogP) is 4.08. The zero-order chi connectivity index (χ0) is 16.1. The van der Waals surface area contributed by atoms with Gasteiger partial charge in [0.15, 0.2) is 0 Å². The fourth-order valence-electron chi connectivity index (χ4n) is 1.73. The molecule has 0 bridgehead atoms. The maximum atomic E-state index is 13.4. The summed E-state index contributed by atoms with van der Waals surface area (Å²) in [5.41, 5.74) is 0.920. The summed E-state index contributed by atoms with van der Waals surface area (Å²) in [4.78, 5) is 22.8. The first-order valence-electron chi connectivity index (χ1n) is 6.35. The average Bonchev–Trinajstić information content (AvgIpc) is 2.44. The number of carbonyl (C=O) groups excluding carboxylic acids is 2. The number of nitrogens with one attached hydrogen (secondary N) is 3. The quantitative estimate of drug-likeness (QED) is 0.797. The highest BCUT2D eigenvalue weighted by molar-refractivity contribution is 6.34. The Labute approximate surface area is 131 Å². The van der Waals surface area contributed by atoms with E-state index < -0.39 is 11.8 Å². The molecule has 0 atom stereocenters. The minimum atomic E-state index is -0.603. The summed E-state index contributed by atoms with van der Waals surface area (Å²) in [6.45, 7) is 1.37. The lowest BCUT2D eigenvalue weighted by molar-refractivity contribution is -0.114. The number of hydrogen-bond acceptors (Lipinski definition) is 2. The van der Waals surface area contributed by atoms with E-state index in [0.29, 0.717) is 11.4 Å². The van der Waals surface area contributed by atoms with Crippen molar-refractivity contribution < 1.29 is 14.0 Å². The third kappa shape index (κ3) is 4.20. The molecule has 0 fully saturated rings. The second-order valence-electron chi connectivity index (χ2n) is 4.43. The zero-order valence-electron chi connectivity index (χ0n) is 11.6. The van der Waals surface area contributed by atoms with Gasteiger partial charge in [0.2, 0.25) is 5.91 Å². The smallest absolute Gasteiger partial charge is 0.323 e. The molecule has 114 valence electrons. The minimum absolute atomic E-state index is 0.0703. The summed E-state index contributed by atoms with van der Waals surface area (Å²) in [6, 6.07) is 9.83. The molecule has 0 aliphatic carbocycles. The second kappa shape index (κ2) is 6.91. The van der Waals surface area contributed by atoms with Crippen molar-refractivity contribution in [1.82, 2.24) is 0 Å². The Kier molecular flexibility index (Phi) is 4.95. The third-order valence-corrected chi connectivity index (χ3v) is 2.97. The van der Waals surface area contributed by atoms with Crippen LogP contribution in [0, 0.1) is 5.82 Å². The van der Waals surface area contributed by atoms with Crippen molar-refractivity contribution in [3.05, 3.63) is 53.3 Å². The molecule has 2 aromatic rings. The summed E-state index contributed by atoms with van der Waals surface area (Å²) in [5, 5.41) is 7.74. The van der Waals surface area contributed by atoms with E-state index in [2.05, 4.69) is 16.0 Å². The van der Waals surface area contributed by atoms with Crippen molar-refractivity contribution >= 4 is 40.6 Å². The molecule has 22 heavy (non-hydrogen) atoms. The van der Waals surface area contributed by atoms with Gasteiger partial charge in [-0.05, 0) is 30.3 Å². The highest BCUT2D eigenvalue weighted by Crippen LogP contribution is 2.25. The van der Waals surface area contributed by atoms with Crippen LogP contribution < -0.4 is 16.0 Å². The normalized spacial score (nSPS) is 9.95. The lowest BCUT2D eigenvalue weighted by Gasteiger charge is -2.10. The minimum Gasteiger partial charge on any atom is -0.325 e. The first kappa shape index (κ1) is 15.8. The lowest BCUT2D eigenvalue weighted by atomic mass is 10.2. The van der Waals surface area contributed by atoms with Gasteiger partial charge in [-0.3, -0.25) is 4.79 Å². The van der Waals surface area contributed by atoms with Crippen LogP contribution in [-0.4, -0.2) is 11.9 Å². The Balaban J connectivity index is 2.04. The van der Waals surface area contributed by atoms with E-state index in [9.17, 15) is 14.0 Å². The van der Waals surface area contributed by atoms with Crippen LogP contribution in [0.4, 0.5) is 26.2 Å².